The van der Waals surface area contributed by atoms with E-state index in [1.807, 2.05) is 6.07 Å². The second kappa shape index (κ2) is 10.7. The van der Waals surface area contributed by atoms with Gasteiger partial charge in [0.05, 0.1) is 0 Å². The minimum atomic E-state index is -0.463. The Bertz CT molecular complexity index is 1320. The molecule has 1 aliphatic heterocycles. The quantitative estimate of drug-likeness (QED) is 0.268. The average Bonchev–Trinajstić information content (AvgIpc) is 3.35. The van der Waals surface area contributed by atoms with Gasteiger partial charge in [-0.2, -0.15) is 0 Å². The monoisotopic (exact) mass is 565 g/mol. The number of carbonyl (C=O) groups excluding carboxylic acids is 1. The van der Waals surface area contributed by atoms with Gasteiger partial charge in [-0.3, -0.25) is 9.69 Å². The van der Waals surface area contributed by atoms with Gasteiger partial charge in [0, 0.05) is 19.0 Å². The maximum Gasteiger partial charge on any atom is 0.324 e. The van der Waals surface area contributed by atoms with E-state index >= 15 is 0 Å². The van der Waals surface area contributed by atoms with Crippen LogP contribution in [0.25, 0.3) is 0 Å². The van der Waals surface area contributed by atoms with E-state index in [0.29, 0.717) is 17.8 Å². The Morgan fingerprint density at radius 1 is 0.857 bits per heavy atom. The Morgan fingerprint density at radius 2 is 1.57 bits per heavy atom. The second-order valence-electron chi connectivity index (χ2n) is 15.6. The van der Waals surface area contributed by atoms with Crippen molar-refractivity contribution in [3.8, 4) is 0 Å². The van der Waals surface area contributed by atoms with Crippen molar-refractivity contribution >= 4 is 5.97 Å². The van der Waals surface area contributed by atoms with Crippen LogP contribution >= 0.6 is 0 Å². The zero-order chi connectivity index (χ0) is 29.1. The molecule has 3 saturated carbocycles. The summed E-state index contributed by atoms with van der Waals surface area (Å²) in [4.78, 5) is 16.5. The van der Waals surface area contributed by atoms with Crippen LogP contribution in [-0.2, 0) is 22.5 Å². The summed E-state index contributed by atoms with van der Waals surface area (Å²) >= 11 is 0. The molecule has 1 saturated heterocycles. The molecular formula is C39H51NO2. The van der Waals surface area contributed by atoms with Crippen molar-refractivity contribution in [3.63, 3.8) is 0 Å². The molecule has 2 aromatic rings. The lowest BCUT2D eigenvalue weighted by atomic mass is 9.46. The first-order valence-corrected chi connectivity index (χ1v) is 16.9. The van der Waals surface area contributed by atoms with Crippen LogP contribution in [0, 0.1) is 40.4 Å². The van der Waals surface area contributed by atoms with Crippen molar-refractivity contribution in [2.24, 2.45) is 40.4 Å². The smallest absolute Gasteiger partial charge is 0.324 e. The number of morpholine rings is 1. The van der Waals surface area contributed by atoms with Gasteiger partial charge in [0.1, 0.15) is 11.6 Å². The van der Waals surface area contributed by atoms with E-state index in [9.17, 15) is 4.79 Å². The van der Waals surface area contributed by atoms with Crippen LogP contribution in [0.1, 0.15) is 90.2 Å². The predicted molar refractivity (Wildman–Crippen MR) is 170 cm³/mol. The van der Waals surface area contributed by atoms with Crippen molar-refractivity contribution < 1.29 is 9.53 Å². The first kappa shape index (κ1) is 28.4. The molecule has 3 nitrogen and oxygen atoms in total. The van der Waals surface area contributed by atoms with Crippen LogP contribution in [-0.4, -0.2) is 29.1 Å². The fourth-order valence-electron chi connectivity index (χ4n) is 11.1. The summed E-state index contributed by atoms with van der Waals surface area (Å²) in [5.74, 6) is 3.56. The van der Waals surface area contributed by atoms with E-state index in [-0.39, 0.29) is 17.4 Å². The summed E-state index contributed by atoms with van der Waals surface area (Å²) < 4.78 is 6.69. The Balaban J connectivity index is 1.16. The molecule has 0 bridgehead atoms. The molecular weight excluding hydrogens is 514 g/mol. The summed E-state index contributed by atoms with van der Waals surface area (Å²) in [6, 6.07) is 20.9. The Labute approximate surface area is 254 Å². The average molecular weight is 566 g/mol. The largest absolute Gasteiger partial charge is 0.457 e. The van der Waals surface area contributed by atoms with E-state index < -0.39 is 5.60 Å². The van der Waals surface area contributed by atoms with Crippen LogP contribution in [0.4, 0.5) is 0 Å². The lowest BCUT2D eigenvalue weighted by Crippen LogP contribution is -2.63. The van der Waals surface area contributed by atoms with E-state index in [1.165, 1.54) is 62.5 Å². The molecule has 0 aromatic heterocycles. The van der Waals surface area contributed by atoms with Gasteiger partial charge >= 0.3 is 5.97 Å². The summed E-state index contributed by atoms with van der Waals surface area (Å²) in [6.07, 6.45) is 13.8. The highest BCUT2D eigenvalue weighted by Gasteiger charge is 2.63. The van der Waals surface area contributed by atoms with Crippen LogP contribution in [0.15, 0.2) is 72.3 Å². The number of allylic oxidation sites excluding steroid dienone is 2. The topological polar surface area (TPSA) is 29.5 Å². The highest BCUT2D eigenvalue weighted by Crippen LogP contribution is 2.68. The van der Waals surface area contributed by atoms with Gasteiger partial charge in [0.2, 0.25) is 0 Å². The van der Waals surface area contributed by atoms with Gasteiger partial charge in [-0.15, -0.1) is 0 Å². The van der Waals surface area contributed by atoms with E-state index in [4.69, 9.17) is 4.74 Å². The molecule has 7 rings (SSSR count). The number of hydrogen-bond donors (Lipinski definition) is 0. The Morgan fingerprint density at radius 3 is 2.31 bits per heavy atom. The van der Waals surface area contributed by atoms with Gasteiger partial charge in [-0.1, -0.05) is 93.1 Å². The van der Waals surface area contributed by atoms with Crippen molar-refractivity contribution in [2.75, 3.05) is 6.54 Å². The Hall–Kier alpha value is -2.39. The van der Waals surface area contributed by atoms with Crippen molar-refractivity contribution in [3.05, 3.63) is 83.4 Å². The second-order valence-corrected chi connectivity index (χ2v) is 15.6. The number of hydrogen-bond acceptors (Lipinski definition) is 3. The van der Waals surface area contributed by atoms with E-state index in [0.717, 1.165) is 36.8 Å². The maximum absolute atomic E-state index is 14.0. The zero-order valence-corrected chi connectivity index (χ0v) is 26.4. The van der Waals surface area contributed by atoms with Crippen LogP contribution in [0.2, 0.25) is 0 Å². The number of esters is 1. The number of carbonyl (C=O) groups is 1. The molecule has 0 spiro atoms. The number of cyclic esters (lactones) is 1. The van der Waals surface area contributed by atoms with Crippen molar-refractivity contribution in [1.82, 2.24) is 4.90 Å². The fourth-order valence-corrected chi connectivity index (χ4v) is 11.1. The highest BCUT2D eigenvalue weighted by molar-refractivity contribution is 5.77. The van der Waals surface area contributed by atoms with E-state index in [2.05, 4.69) is 93.3 Å². The molecule has 9 atom stereocenters. The van der Waals surface area contributed by atoms with Gasteiger partial charge in [-0.25, -0.2) is 0 Å². The minimum absolute atomic E-state index is 0.0293. The normalized spacial score (nSPS) is 41.7. The molecule has 1 unspecified atom stereocenters. The maximum atomic E-state index is 14.0. The molecule has 0 amide bonds. The summed E-state index contributed by atoms with van der Waals surface area (Å²) in [5, 5.41) is 0. The summed E-state index contributed by atoms with van der Waals surface area (Å²) in [6.45, 7) is 11.5. The lowest BCUT2D eigenvalue weighted by Gasteiger charge is -2.59. The van der Waals surface area contributed by atoms with Gasteiger partial charge in [-0.05, 0) is 110 Å². The summed E-state index contributed by atoms with van der Waals surface area (Å²) in [5.41, 5.74) is 4.42. The minimum Gasteiger partial charge on any atom is -0.457 e. The molecule has 224 valence electrons. The molecule has 3 heteroatoms. The Kier molecular flexibility index (Phi) is 7.20. The molecule has 0 radical (unpaired) electrons. The number of nitrogens with zero attached hydrogens (tertiary/aromatic N) is 1. The molecule has 2 aromatic carbocycles. The lowest BCUT2D eigenvalue weighted by molar-refractivity contribution is -0.200. The van der Waals surface area contributed by atoms with E-state index in [1.54, 1.807) is 5.57 Å². The number of benzene rings is 2. The standard InChI is InChI=1S/C39H51NO2/c1-27-19-21-37(2)30(23-27)15-16-31-32-17-18-35(38(32,3)22-20-33(31)37)39(4)26-40(25-29-13-9-6-10-14-29)34(36(41)42-39)24-28-11-7-5-8-12-28/h5-15,27,31-35H,16-26H2,1-4H3/t27-,31-,32-,33-,34?,35-,37-,38-,39-/m0/s1. The van der Waals surface area contributed by atoms with Crippen molar-refractivity contribution in [1.29, 1.82) is 0 Å². The number of ether oxygens (including phenoxy) is 1. The van der Waals surface area contributed by atoms with Crippen LogP contribution in [0.3, 0.4) is 0 Å². The van der Waals surface area contributed by atoms with Gasteiger partial charge < -0.3 is 4.74 Å². The molecule has 42 heavy (non-hydrogen) atoms. The molecule has 1 heterocycles. The highest BCUT2D eigenvalue weighted by atomic mass is 16.6. The third kappa shape index (κ3) is 4.70. The first-order valence-electron chi connectivity index (χ1n) is 16.9. The van der Waals surface area contributed by atoms with Crippen molar-refractivity contribution in [2.45, 2.75) is 104 Å². The number of rotatable bonds is 5. The summed E-state index contributed by atoms with van der Waals surface area (Å²) in [7, 11) is 0. The zero-order valence-electron chi connectivity index (χ0n) is 26.4. The molecule has 4 fully saturated rings. The van der Waals surface area contributed by atoms with Gasteiger partial charge in [0.15, 0.2) is 0 Å². The molecule has 0 N–H and O–H groups in total. The molecule has 5 aliphatic rings. The third-order valence-corrected chi connectivity index (χ3v) is 13.2. The third-order valence-electron chi connectivity index (χ3n) is 13.2. The van der Waals surface area contributed by atoms with Gasteiger partial charge in [0.25, 0.3) is 0 Å². The van der Waals surface area contributed by atoms with Crippen LogP contribution < -0.4 is 0 Å². The van der Waals surface area contributed by atoms with Crippen LogP contribution in [0.5, 0.6) is 0 Å². The molecule has 4 aliphatic carbocycles. The fraction of sp³-hybridized carbons (Fsp3) is 0.615. The first-order chi connectivity index (χ1) is 20.2. The number of fused-ring (bicyclic) bond motifs is 5. The predicted octanol–water partition coefficient (Wildman–Crippen LogP) is 8.63. The SMILES string of the molecule is C[C@H]1CC[C@@]2(C)C(=CC[C@H]3[C@@H]4CC[C@H]([C@]5(C)CN(Cc6ccccc6)C(Cc6ccccc6)C(=O)O5)[C@@]4(C)CC[C@@H]32)C1.